The molecule has 2 heteroatoms. The van der Waals surface area contributed by atoms with Gasteiger partial charge in [-0.25, -0.2) is 0 Å². The zero-order valence-corrected chi connectivity index (χ0v) is 13.5. The SMILES string of the molecule is O=CC(CCC1CCCC1)C(=O)CCCC1CCCCC1. The predicted molar refractivity (Wildman–Crippen MR) is 86.2 cm³/mol. The van der Waals surface area contributed by atoms with Gasteiger partial charge in [0.1, 0.15) is 12.1 Å². The minimum Gasteiger partial charge on any atom is -0.303 e. The third-order valence-electron chi connectivity index (χ3n) is 5.70. The molecule has 0 spiro atoms. The first kappa shape index (κ1) is 16.7. The molecule has 1 atom stereocenters. The predicted octanol–water partition coefficient (Wildman–Crippen LogP) is 5.09. The maximum Gasteiger partial charge on any atom is 0.143 e. The molecule has 0 aromatic rings. The molecule has 2 fully saturated rings. The van der Waals surface area contributed by atoms with Crippen LogP contribution in [0, 0.1) is 17.8 Å². The summed E-state index contributed by atoms with van der Waals surface area (Å²) < 4.78 is 0. The van der Waals surface area contributed by atoms with Gasteiger partial charge in [-0.2, -0.15) is 0 Å². The van der Waals surface area contributed by atoms with E-state index in [1.165, 1.54) is 64.2 Å². The Labute approximate surface area is 130 Å². The van der Waals surface area contributed by atoms with Crippen molar-refractivity contribution in [1.29, 1.82) is 0 Å². The van der Waals surface area contributed by atoms with Crippen LogP contribution in [-0.4, -0.2) is 12.1 Å². The van der Waals surface area contributed by atoms with Gasteiger partial charge in [0, 0.05) is 6.42 Å². The van der Waals surface area contributed by atoms with E-state index in [0.29, 0.717) is 6.42 Å². The molecule has 0 radical (unpaired) electrons. The fraction of sp³-hybridized carbons (Fsp3) is 0.895. The standard InChI is InChI=1S/C19H32O2/c20-15-18(14-13-17-9-4-5-10-17)19(21)12-6-11-16-7-2-1-3-8-16/h15-18H,1-14H2. The summed E-state index contributed by atoms with van der Waals surface area (Å²) >= 11 is 0. The molecule has 0 saturated heterocycles. The van der Waals surface area contributed by atoms with Crippen molar-refractivity contribution in [1.82, 2.24) is 0 Å². The first-order valence-corrected chi connectivity index (χ1v) is 9.27. The van der Waals surface area contributed by atoms with Crippen molar-refractivity contribution >= 4 is 12.1 Å². The maximum absolute atomic E-state index is 12.2. The average molecular weight is 292 g/mol. The highest BCUT2D eigenvalue weighted by Gasteiger charge is 2.22. The summed E-state index contributed by atoms with van der Waals surface area (Å²) in [4.78, 5) is 23.4. The van der Waals surface area contributed by atoms with E-state index in [9.17, 15) is 9.59 Å². The van der Waals surface area contributed by atoms with Crippen molar-refractivity contribution in [2.75, 3.05) is 0 Å². The smallest absolute Gasteiger partial charge is 0.143 e. The zero-order chi connectivity index (χ0) is 14.9. The molecule has 2 aliphatic carbocycles. The van der Waals surface area contributed by atoms with E-state index in [2.05, 4.69) is 0 Å². The Morgan fingerprint density at radius 3 is 2.10 bits per heavy atom. The molecule has 2 aliphatic rings. The lowest BCUT2D eigenvalue weighted by molar-refractivity contribution is -0.127. The molecule has 0 heterocycles. The van der Waals surface area contributed by atoms with Crippen molar-refractivity contribution < 1.29 is 9.59 Å². The summed E-state index contributed by atoms with van der Waals surface area (Å²) in [5.74, 6) is 1.53. The second-order valence-electron chi connectivity index (χ2n) is 7.33. The summed E-state index contributed by atoms with van der Waals surface area (Å²) in [6.07, 6.45) is 17.8. The molecule has 0 aliphatic heterocycles. The quantitative estimate of drug-likeness (QED) is 0.438. The molecule has 21 heavy (non-hydrogen) atoms. The summed E-state index contributed by atoms with van der Waals surface area (Å²) in [5.41, 5.74) is 0. The largest absolute Gasteiger partial charge is 0.303 e. The van der Waals surface area contributed by atoms with E-state index >= 15 is 0 Å². The van der Waals surface area contributed by atoms with Gasteiger partial charge in [0.15, 0.2) is 0 Å². The molecule has 0 N–H and O–H groups in total. The van der Waals surface area contributed by atoms with Crippen LogP contribution < -0.4 is 0 Å². The lowest BCUT2D eigenvalue weighted by Crippen LogP contribution is -2.17. The normalized spacial score (nSPS) is 22.3. The lowest BCUT2D eigenvalue weighted by atomic mass is 9.84. The van der Waals surface area contributed by atoms with E-state index < -0.39 is 0 Å². The Bertz CT molecular complexity index is 312. The molecule has 1 unspecified atom stereocenters. The lowest BCUT2D eigenvalue weighted by Gasteiger charge is -2.21. The van der Waals surface area contributed by atoms with Crippen molar-refractivity contribution in [3.05, 3.63) is 0 Å². The third kappa shape index (κ3) is 5.92. The fourth-order valence-electron chi connectivity index (χ4n) is 4.25. The van der Waals surface area contributed by atoms with Gasteiger partial charge < -0.3 is 4.79 Å². The number of carbonyl (C=O) groups excluding carboxylic acids is 2. The topological polar surface area (TPSA) is 34.1 Å². The van der Waals surface area contributed by atoms with Crippen LogP contribution in [0.5, 0.6) is 0 Å². The molecule has 2 rings (SSSR count). The van der Waals surface area contributed by atoms with Gasteiger partial charge >= 0.3 is 0 Å². The van der Waals surface area contributed by atoms with Gasteiger partial charge in [-0.1, -0.05) is 64.2 Å². The van der Waals surface area contributed by atoms with Gasteiger partial charge in [-0.3, -0.25) is 4.79 Å². The van der Waals surface area contributed by atoms with Crippen LogP contribution in [-0.2, 0) is 9.59 Å². The van der Waals surface area contributed by atoms with E-state index in [1.807, 2.05) is 0 Å². The van der Waals surface area contributed by atoms with Crippen LogP contribution in [0.25, 0.3) is 0 Å². The molecular formula is C19H32O2. The molecule has 0 aromatic carbocycles. The summed E-state index contributed by atoms with van der Waals surface area (Å²) in [6, 6.07) is 0. The molecule has 0 amide bonds. The fourth-order valence-corrected chi connectivity index (χ4v) is 4.25. The summed E-state index contributed by atoms with van der Waals surface area (Å²) in [6.45, 7) is 0. The van der Waals surface area contributed by atoms with Crippen molar-refractivity contribution in [2.24, 2.45) is 17.8 Å². The van der Waals surface area contributed by atoms with Gasteiger partial charge in [0.2, 0.25) is 0 Å². The second-order valence-corrected chi connectivity index (χ2v) is 7.33. The molecule has 2 saturated carbocycles. The highest BCUT2D eigenvalue weighted by molar-refractivity contribution is 5.93. The second kappa shape index (κ2) is 9.38. The van der Waals surface area contributed by atoms with Crippen molar-refractivity contribution in [3.63, 3.8) is 0 Å². The molecule has 2 nitrogen and oxygen atoms in total. The first-order chi connectivity index (χ1) is 10.3. The molecule has 0 aromatic heterocycles. The third-order valence-corrected chi connectivity index (χ3v) is 5.70. The molecule has 120 valence electrons. The first-order valence-electron chi connectivity index (χ1n) is 9.27. The Kier molecular flexibility index (Phi) is 7.46. The Morgan fingerprint density at radius 1 is 0.905 bits per heavy atom. The number of hydrogen-bond donors (Lipinski definition) is 0. The maximum atomic E-state index is 12.2. The molecular weight excluding hydrogens is 260 g/mol. The number of ketones is 1. The molecule has 0 bridgehead atoms. The highest BCUT2D eigenvalue weighted by atomic mass is 16.1. The number of Topliss-reactive ketones (excluding diaryl/α,β-unsaturated/α-hetero) is 1. The number of aldehydes is 1. The summed E-state index contributed by atoms with van der Waals surface area (Å²) in [5, 5.41) is 0. The Morgan fingerprint density at radius 2 is 1.48 bits per heavy atom. The minimum atomic E-state index is -0.308. The van der Waals surface area contributed by atoms with E-state index in [0.717, 1.165) is 37.4 Å². The number of rotatable bonds is 9. The monoisotopic (exact) mass is 292 g/mol. The van der Waals surface area contributed by atoms with Crippen LogP contribution in [0.2, 0.25) is 0 Å². The number of carbonyl (C=O) groups is 2. The van der Waals surface area contributed by atoms with Gasteiger partial charge in [-0.15, -0.1) is 0 Å². The van der Waals surface area contributed by atoms with E-state index in [-0.39, 0.29) is 11.7 Å². The van der Waals surface area contributed by atoms with E-state index in [4.69, 9.17) is 0 Å². The Hall–Kier alpha value is -0.660. The van der Waals surface area contributed by atoms with E-state index in [1.54, 1.807) is 0 Å². The van der Waals surface area contributed by atoms with Crippen LogP contribution in [0.4, 0.5) is 0 Å². The average Bonchev–Trinajstić information content (AvgIpc) is 3.02. The summed E-state index contributed by atoms with van der Waals surface area (Å²) in [7, 11) is 0. The van der Waals surface area contributed by atoms with Crippen molar-refractivity contribution in [2.45, 2.75) is 89.9 Å². The Balaban J connectivity index is 1.61. The van der Waals surface area contributed by atoms with Crippen LogP contribution in [0.1, 0.15) is 89.9 Å². The van der Waals surface area contributed by atoms with Gasteiger partial charge in [-0.05, 0) is 31.1 Å². The van der Waals surface area contributed by atoms with Crippen LogP contribution in [0.3, 0.4) is 0 Å². The van der Waals surface area contributed by atoms with Gasteiger partial charge in [0.25, 0.3) is 0 Å². The zero-order valence-electron chi connectivity index (χ0n) is 13.5. The number of hydrogen-bond acceptors (Lipinski definition) is 2. The van der Waals surface area contributed by atoms with Gasteiger partial charge in [0.05, 0.1) is 5.92 Å². The van der Waals surface area contributed by atoms with Crippen molar-refractivity contribution in [3.8, 4) is 0 Å². The van der Waals surface area contributed by atoms with Crippen LogP contribution >= 0.6 is 0 Å². The minimum absolute atomic E-state index is 0.207. The van der Waals surface area contributed by atoms with Crippen LogP contribution in [0.15, 0.2) is 0 Å². The highest BCUT2D eigenvalue weighted by Crippen LogP contribution is 2.30.